The molecule has 0 radical (unpaired) electrons. The summed E-state index contributed by atoms with van der Waals surface area (Å²) in [6.45, 7) is 13.1. The monoisotopic (exact) mass is 788 g/mol. The van der Waals surface area contributed by atoms with Gasteiger partial charge in [-0.25, -0.2) is 9.18 Å². The van der Waals surface area contributed by atoms with E-state index in [-0.39, 0.29) is 31.6 Å². The highest BCUT2D eigenvalue weighted by Gasteiger charge is 2.80. The number of aliphatic hydroxyl groups excluding tert-OH is 2. The first-order valence-corrected chi connectivity index (χ1v) is 19.7. The van der Waals surface area contributed by atoms with Gasteiger partial charge in [0, 0.05) is 23.3 Å². The van der Waals surface area contributed by atoms with E-state index >= 15 is 4.39 Å². The van der Waals surface area contributed by atoms with E-state index in [1.54, 1.807) is 41.5 Å². The Hall–Kier alpha value is -3.57. The minimum Gasteiger partial charge on any atom is -0.427 e. The van der Waals surface area contributed by atoms with Gasteiger partial charge in [-0.1, -0.05) is 32.4 Å². The van der Waals surface area contributed by atoms with Crippen molar-refractivity contribution in [3.63, 3.8) is 0 Å². The number of carbonyl (C=O) groups excluding carboxylic acids is 6. The largest absolute Gasteiger partial charge is 0.427 e. The highest BCUT2D eigenvalue weighted by atomic mass is 19.1. The number of rotatable bonds is 10. The first-order valence-electron chi connectivity index (χ1n) is 19.7. The van der Waals surface area contributed by atoms with E-state index in [0.29, 0.717) is 24.8 Å². The van der Waals surface area contributed by atoms with Gasteiger partial charge in [0.05, 0.1) is 18.2 Å². The van der Waals surface area contributed by atoms with Crippen LogP contribution in [0, 0.1) is 28.6 Å². The molecule has 0 spiro atoms. The molecule has 0 aromatic heterocycles. The molecule has 5 fully saturated rings. The molecule has 0 bridgehead atoms. The number of hydrogen-bond donors (Lipinski definition) is 5. The molecule has 4 aliphatic carbocycles. The molecule has 2 saturated heterocycles. The van der Waals surface area contributed by atoms with Crippen molar-refractivity contribution in [1.82, 2.24) is 15.5 Å². The number of hydrogen-bond acceptors (Lipinski definition) is 12. The fraction of sp³-hybridized carbons (Fsp3) is 0.750. The lowest BCUT2D eigenvalue weighted by molar-refractivity contribution is -0.251. The summed E-state index contributed by atoms with van der Waals surface area (Å²) in [5, 5.41) is 28.5. The second kappa shape index (κ2) is 14.4. The number of allylic oxidation sites excluding steroid dienone is 4. The van der Waals surface area contributed by atoms with Gasteiger partial charge in [0.1, 0.15) is 18.1 Å². The number of Topliss-reactive ketones (excluding diaryl/α,β-unsaturated/α-hetero) is 1. The van der Waals surface area contributed by atoms with Crippen molar-refractivity contribution in [2.45, 2.75) is 154 Å². The first-order chi connectivity index (χ1) is 25.9. The molecule has 15 nitrogen and oxygen atoms in total. The lowest BCUT2D eigenvalue weighted by Crippen LogP contribution is -2.70. The number of esters is 1. The van der Waals surface area contributed by atoms with Crippen molar-refractivity contribution in [2.24, 2.45) is 34.3 Å². The van der Waals surface area contributed by atoms with Crippen LogP contribution in [0.25, 0.3) is 0 Å². The fourth-order valence-electron chi connectivity index (χ4n) is 10.9. The Morgan fingerprint density at radius 2 is 1.73 bits per heavy atom. The number of halogens is 1. The summed E-state index contributed by atoms with van der Waals surface area (Å²) in [4.78, 5) is 81.0. The third-order valence-corrected chi connectivity index (χ3v) is 13.7. The number of ketones is 2. The zero-order chi connectivity index (χ0) is 41.5. The highest BCUT2D eigenvalue weighted by Crippen LogP contribution is 2.72. The number of ether oxygens (including phenoxy) is 3. The number of carbonyl (C=O) groups is 6. The molecule has 310 valence electrons. The Bertz CT molecular complexity index is 1750. The van der Waals surface area contributed by atoms with Crippen LogP contribution in [0.15, 0.2) is 23.8 Å². The third-order valence-electron chi connectivity index (χ3n) is 13.7. The van der Waals surface area contributed by atoms with E-state index in [2.05, 4.69) is 10.6 Å². The number of nitrogens with one attached hydrogen (secondary N) is 2. The quantitative estimate of drug-likeness (QED) is 0.156. The maximum atomic E-state index is 17.8. The second-order valence-electron chi connectivity index (χ2n) is 17.9. The Morgan fingerprint density at radius 3 is 2.38 bits per heavy atom. The molecular formula is C40H57FN4O11. The number of likely N-dealkylation sites (tertiary alicyclic amines) is 1. The summed E-state index contributed by atoms with van der Waals surface area (Å²) < 4.78 is 36.0. The van der Waals surface area contributed by atoms with Crippen LogP contribution < -0.4 is 16.4 Å². The van der Waals surface area contributed by atoms with Crippen LogP contribution in [-0.2, 0) is 43.0 Å². The predicted molar refractivity (Wildman–Crippen MR) is 196 cm³/mol. The van der Waals surface area contributed by atoms with E-state index in [1.165, 1.54) is 37.0 Å². The SMILES string of the molecule is CC(C)[C@H](NC(=O)[C@@H]1CCCN1C(=O)[C@H](C)NC(=O)[C@H](C)N)C(=O)OC(O)C(=O)[C@@]12OC(C)(C)OC1CC1C3CCC4=CC(=O)C=C[C@]4(C)C3(F)[C@@H](O)C[C@@]12C. The molecule has 13 atom stereocenters. The number of aliphatic hydroxyl groups is 2. The number of nitrogens with two attached hydrogens (primary N) is 1. The number of nitrogens with zero attached hydrogens (tertiary/aromatic N) is 1. The fourth-order valence-corrected chi connectivity index (χ4v) is 10.9. The molecular weight excluding hydrogens is 731 g/mol. The van der Waals surface area contributed by atoms with Crippen molar-refractivity contribution < 1.29 is 57.6 Å². The summed E-state index contributed by atoms with van der Waals surface area (Å²) in [5.74, 6) is -7.36. The normalized spacial score (nSPS) is 38.9. The molecule has 56 heavy (non-hydrogen) atoms. The van der Waals surface area contributed by atoms with E-state index in [1.807, 2.05) is 0 Å². The molecule has 2 aliphatic heterocycles. The van der Waals surface area contributed by atoms with Gasteiger partial charge in [0.15, 0.2) is 22.8 Å². The maximum absolute atomic E-state index is 17.8. The molecule has 5 unspecified atom stereocenters. The summed E-state index contributed by atoms with van der Waals surface area (Å²) in [5.41, 5.74) is -0.517. The van der Waals surface area contributed by atoms with E-state index in [4.69, 9.17) is 19.9 Å². The van der Waals surface area contributed by atoms with Gasteiger partial charge in [-0.15, -0.1) is 0 Å². The van der Waals surface area contributed by atoms with Crippen LogP contribution >= 0.6 is 0 Å². The predicted octanol–water partition coefficient (Wildman–Crippen LogP) is 1.27. The number of fused-ring (bicyclic) bond motifs is 7. The van der Waals surface area contributed by atoms with Crippen molar-refractivity contribution in [3.8, 4) is 0 Å². The topological polar surface area (TPSA) is 224 Å². The minimum atomic E-state index is -2.39. The Balaban J connectivity index is 1.21. The van der Waals surface area contributed by atoms with E-state index in [9.17, 15) is 39.0 Å². The molecule has 0 aromatic rings. The Kier molecular flexibility index (Phi) is 10.8. The third kappa shape index (κ3) is 6.34. The number of amides is 3. The zero-order valence-electron chi connectivity index (χ0n) is 33.4. The number of alkyl halides is 1. The van der Waals surface area contributed by atoms with Crippen molar-refractivity contribution in [2.75, 3.05) is 6.54 Å². The lowest BCUT2D eigenvalue weighted by atomic mass is 9.44. The first kappa shape index (κ1) is 42.0. The van der Waals surface area contributed by atoms with Gasteiger partial charge in [-0.3, -0.25) is 24.0 Å². The van der Waals surface area contributed by atoms with Crippen LogP contribution in [0.1, 0.15) is 93.9 Å². The minimum absolute atomic E-state index is 0.155. The summed E-state index contributed by atoms with van der Waals surface area (Å²) in [6, 6.07) is -4.11. The van der Waals surface area contributed by atoms with E-state index in [0.717, 1.165) is 0 Å². The van der Waals surface area contributed by atoms with Crippen LogP contribution in [0.2, 0.25) is 0 Å². The molecule has 16 heteroatoms. The van der Waals surface area contributed by atoms with Crippen LogP contribution in [0.3, 0.4) is 0 Å². The van der Waals surface area contributed by atoms with Crippen molar-refractivity contribution in [3.05, 3.63) is 23.8 Å². The summed E-state index contributed by atoms with van der Waals surface area (Å²) in [6.07, 6.45) is 0.673. The highest BCUT2D eigenvalue weighted by molar-refractivity contribution is 6.01. The van der Waals surface area contributed by atoms with Crippen LogP contribution in [-0.4, -0.2) is 117 Å². The molecule has 6 aliphatic rings. The van der Waals surface area contributed by atoms with Gasteiger partial charge < -0.3 is 45.7 Å². The molecule has 0 aromatic carbocycles. The summed E-state index contributed by atoms with van der Waals surface area (Å²) in [7, 11) is 0. The van der Waals surface area contributed by atoms with Crippen molar-refractivity contribution in [1.29, 1.82) is 0 Å². The van der Waals surface area contributed by atoms with Gasteiger partial charge in [-0.05, 0) is 97.1 Å². The molecule has 6 N–H and O–H groups in total. The standard InChI is InChI=1S/C40H57FN4O11/c1-19(2)29(44-32(50)26-10-9-15-45(26)33(51)21(4)43-31(49)20(3)42)34(52)54-35(53)30(48)40-28(55-36(5,6)56-40)17-25-24-12-11-22-16-23(46)13-14-37(22,7)39(24,41)27(47)18-38(25,40)8/h13-14,16,19-21,24-29,35,47,53H,9-12,15,17-18,42H2,1-8H3,(H,43,49)(H,44,50)/t20-,21-,24?,25?,26-,27-,28?,29-,35?,37-,38-,39?,40-/m0/s1. The molecule has 3 amide bonds. The maximum Gasteiger partial charge on any atom is 0.331 e. The molecule has 3 saturated carbocycles. The van der Waals surface area contributed by atoms with Crippen molar-refractivity contribution >= 4 is 35.3 Å². The second-order valence-corrected chi connectivity index (χ2v) is 17.9. The average molecular weight is 789 g/mol. The summed E-state index contributed by atoms with van der Waals surface area (Å²) >= 11 is 0. The van der Waals surface area contributed by atoms with Gasteiger partial charge in [-0.2, -0.15) is 0 Å². The van der Waals surface area contributed by atoms with Crippen LogP contribution in [0.4, 0.5) is 4.39 Å². The van der Waals surface area contributed by atoms with Crippen LogP contribution in [0.5, 0.6) is 0 Å². The average Bonchev–Trinajstić information content (AvgIpc) is 3.77. The molecule has 6 rings (SSSR count). The molecule has 2 heterocycles. The zero-order valence-corrected chi connectivity index (χ0v) is 33.4. The smallest absolute Gasteiger partial charge is 0.331 e. The van der Waals surface area contributed by atoms with E-state index < -0.39 is 118 Å². The van der Waals surface area contributed by atoms with Gasteiger partial charge >= 0.3 is 5.97 Å². The lowest BCUT2D eigenvalue weighted by Gasteiger charge is -2.62. The van der Waals surface area contributed by atoms with Gasteiger partial charge in [0.25, 0.3) is 6.29 Å². The Labute approximate surface area is 326 Å². The Morgan fingerprint density at radius 1 is 1.05 bits per heavy atom. The van der Waals surface area contributed by atoms with Gasteiger partial charge in [0.2, 0.25) is 23.5 Å².